The minimum Gasteiger partial charge on any atom is -0.493 e. The number of amides is 1. The topological polar surface area (TPSA) is 38.8 Å². The van der Waals surface area contributed by atoms with Gasteiger partial charge in [-0.15, -0.1) is 11.3 Å². The molecule has 112 valence electrons. The van der Waals surface area contributed by atoms with Gasteiger partial charge in [-0.1, -0.05) is 12.1 Å². The van der Waals surface area contributed by atoms with Crippen molar-refractivity contribution >= 4 is 17.2 Å². The van der Waals surface area contributed by atoms with Crippen molar-refractivity contribution in [3.05, 3.63) is 46.2 Å². The summed E-state index contributed by atoms with van der Waals surface area (Å²) in [4.78, 5) is 15.0. The van der Waals surface area contributed by atoms with Crippen molar-refractivity contribution in [3.8, 4) is 11.5 Å². The van der Waals surface area contributed by atoms with Gasteiger partial charge < -0.3 is 14.4 Å². The molecule has 1 amide bonds. The molecule has 5 heteroatoms. The number of ether oxygens (including phenoxy) is 2. The van der Waals surface area contributed by atoms with Crippen LogP contribution in [0.15, 0.2) is 35.7 Å². The largest absolute Gasteiger partial charge is 0.493 e. The Kier molecular flexibility index (Phi) is 5.22. The fourth-order valence-corrected chi connectivity index (χ4v) is 2.73. The number of carbonyl (C=O) groups is 1. The molecule has 1 aromatic heterocycles. The Labute approximate surface area is 128 Å². The normalized spacial score (nSPS) is 10.2. The van der Waals surface area contributed by atoms with Gasteiger partial charge in [-0.25, -0.2) is 0 Å². The SMILES string of the molecule is COc1ccc(CN(C)C(=O)Cc2cccs2)cc1OC. The molecule has 0 aliphatic carbocycles. The third kappa shape index (κ3) is 3.98. The Hall–Kier alpha value is -2.01. The van der Waals surface area contributed by atoms with Crippen molar-refractivity contribution in [2.45, 2.75) is 13.0 Å². The van der Waals surface area contributed by atoms with Crippen molar-refractivity contribution < 1.29 is 14.3 Å². The fraction of sp³-hybridized carbons (Fsp3) is 0.312. The average molecular weight is 305 g/mol. The van der Waals surface area contributed by atoms with Crippen LogP contribution in [0.1, 0.15) is 10.4 Å². The maximum atomic E-state index is 12.2. The maximum Gasteiger partial charge on any atom is 0.227 e. The second-order valence-corrected chi connectivity index (χ2v) is 5.73. The van der Waals surface area contributed by atoms with Crippen LogP contribution in [0.5, 0.6) is 11.5 Å². The van der Waals surface area contributed by atoms with E-state index < -0.39 is 0 Å². The first kappa shape index (κ1) is 15.4. The number of benzene rings is 1. The third-order valence-electron chi connectivity index (χ3n) is 3.20. The summed E-state index contributed by atoms with van der Waals surface area (Å²) >= 11 is 1.60. The molecule has 0 spiro atoms. The monoisotopic (exact) mass is 305 g/mol. The van der Waals surface area contributed by atoms with Crippen molar-refractivity contribution in [3.63, 3.8) is 0 Å². The lowest BCUT2D eigenvalue weighted by Gasteiger charge is -2.18. The van der Waals surface area contributed by atoms with Crippen LogP contribution in [0.4, 0.5) is 0 Å². The molecule has 21 heavy (non-hydrogen) atoms. The molecule has 0 radical (unpaired) electrons. The molecule has 0 aliphatic rings. The van der Waals surface area contributed by atoms with Crippen molar-refractivity contribution in [2.24, 2.45) is 0 Å². The van der Waals surface area contributed by atoms with Gasteiger partial charge in [-0.3, -0.25) is 4.79 Å². The maximum absolute atomic E-state index is 12.2. The molecule has 0 saturated heterocycles. The van der Waals surface area contributed by atoms with Crippen LogP contribution in [0, 0.1) is 0 Å². The summed E-state index contributed by atoms with van der Waals surface area (Å²) in [7, 11) is 5.02. The molecule has 4 nitrogen and oxygen atoms in total. The van der Waals surface area contributed by atoms with Gasteiger partial charge in [0.2, 0.25) is 5.91 Å². The van der Waals surface area contributed by atoms with Crippen molar-refractivity contribution in [1.29, 1.82) is 0 Å². The van der Waals surface area contributed by atoms with E-state index >= 15 is 0 Å². The van der Waals surface area contributed by atoms with E-state index in [9.17, 15) is 4.79 Å². The molecule has 1 heterocycles. The Morgan fingerprint density at radius 2 is 1.95 bits per heavy atom. The lowest BCUT2D eigenvalue weighted by Crippen LogP contribution is -2.27. The summed E-state index contributed by atoms with van der Waals surface area (Å²) in [6, 6.07) is 9.63. The minimum atomic E-state index is 0.104. The number of thiophene rings is 1. The summed E-state index contributed by atoms with van der Waals surface area (Å²) in [6.45, 7) is 0.546. The predicted molar refractivity (Wildman–Crippen MR) is 84.0 cm³/mol. The molecule has 2 aromatic rings. The molecule has 0 saturated carbocycles. The second kappa shape index (κ2) is 7.13. The molecule has 0 bridgehead atoms. The lowest BCUT2D eigenvalue weighted by molar-refractivity contribution is -0.129. The van der Waals surface area contributed by atoms with Crippen LogP contribution in [0.3, 0.4) is 0 Å². The van der Waals surface area contributed by atoms with E-state index in [1.54, 1.807) is 30.5 Å². The molecule has 0 unspecified atom stereocenters. The first-order chi connectivity index (χ1) is 10.1. The first-order valence-electron chi connectivity index (χ1n) is 6.61. The van der Waals surface area contributed by atoms with Gasteiger partial charge in [0, 0.05) is 18.5 Å². The summed E-state index contributed by atoms with van der Waals surface area (Å²) in [6.07, 6.45) is 0.446. The van der Waals surface area contributed by atoms with Gasteiger partial charge in [0.25, 0.3) is 0 Å². The molecule has 1 aromatic carbocycles. The highest BCUT2D eigenvalue weighted by molar-refractivity contribution is 7.10. The molecular weight excluding hydrogens is 286 g/mol. The highest BCUT2D eigenvalue weighted by atomic mass is 32.1. The van der Waals surface area contributed by atoms with Crippen LogP contribution in [-0.2, 0) is 17.8 Å². The van der Waals surface area contributed by atoms with Gasteiger partial charge in [-0.2, -0.15) is 0 Å². The Balaban J connectivity index is 2.01. The van der Waals surface area contributed by atoms with Gasteiger partial charge in [0.15, 0.2) is 11.5 Å². The summed E-state index contributed by atoms with van der Waals surface area (Å²) < 4.78 is 10.5. The standard InChI is InChI=1S/C16H19NO3S/c1-17(16(18)10-13-5-4-8-21-13)11-12-6-7-14(19-2)15(9-12)20-3/h4-9H,10-11H2,1-3H3. The van der Waals surface area contributed by atoms with Gasteiger partial charge in [-0.05, 0) is 29.1 Å². The second-order valence-electron chi connectivity index (χ2n) is 4.70. The molecule has 2 rings (SSSR count). The molecule has 0 N–H and O–H groups in total. The van der Waals surface area contributed by atoms with Crippen LogP contribution < -0.4 is 9.47 Å². The van der Waals surface area contributed by atoms with Crippen molar-refractivity contribution in [1.82, 2.24) is 4.90 Å². The Morgan fingerprint density at radius 3 is 2.57 bits per heavy atom. The molecule has 0 aliphatic heterocycles. The first-order valence-corrected chi connectivity index (χ1v) is 7.49. The van der Waals surface area contributed by atoms with E-state index in [1.165, 1.54) is 0 Å². The zero-order chi connectivity index (χ0) is 15.2. The van der Waals surface area contributed by atoms with E-state index in [2.05, 4.69) is 0 Å². The summed E-state index contributed by atoms with van der Waals surface area (Å²) in [5, 5.41) is 1.98. The average Bonchev–Trinajstić information content (AvgIpc) is 2.99. The van der Waals surface area contributed by atoms with Gasteiger partial charge >= 0.3 is 0 Å². The van der Waals surface area contributed by atoms with E-state index in [-0.39, 0.29) is 5.91 Å². The quantitative estimate of drug-likeness (QED) is 0.823. The number of hydrogen-bond acceptors (Lipinski definition) is 4. The Bertz CT molecular complexity index is 596. The van der Waals surface area contributed by atoms with E-state index in [4.69, 9.17) is 9.47 Å². The van der Waals surface area contributed by atoms with Gasteiger partial charge in [0.1, 0.15) is 0 Å². The highest BCUT2D eigenvalue weighted by Crippen LogP contribution is 2.28. The zero-order valence-electron chi connectivity index (χ0n) is 12.5. The zero-order valence-corrected chi connectivity index (χ0v) is 13.3. The number of methoxy groups -OCH3 is 2. The number of carbonyl (C=O) groups excluding carboxylic acids is 1. The lowest BCUT2D eigenvalue weighted by atomic mass is 10.2. The van der Waals surface area contributed by atoms with Crippen LogP contribution in [0.25, 0.3) is 0 Å². The highest BCUT2D eigenvalue weighted by Gasteiger charge is 2.12. The van der Waals surface area contributed by atoms with Crippen molar-refractivity contribution in [2.75, 3.05) is 21.3 Å². The third-order valence-corrected chi connectivity index (χ3v) is 4.08. The number of rotatable bonds is 6. The molecule has 0 fully saturated rings. The van der Waals surface area contributed by atoms with E-state index in [0.717, 1.165) is 10.4 Å². The van der Waals surface area contributed by atoms with Crippen LogP contribution >= 0.6 is 11.3 Å². The Morgan fingerprint density at radius 1 is 1.19 bits per heavy atom. The van der Waals surface area contributed by atoms with Crippen LogP contribution in [-0.4, -0.2) is 32.1 Å². The summed E-state index contributed by atoms with van der Waals surface area (Å²) in [5.74, 6) is 1.47. The predicted octanol–water partition coefficient (Wildman–Crippen LogP) is 2.97. The molecule has 0 atom stereocenters. The number of nitrogens with zero attached hydrogens (tertiary/aromatic N) is 1. The smallest absolute Gasteiger partial charge is 0.227 e. The minimum absolute atomic E-state index is 0.104. The van der Waals surface area contributed by atoms with Crippen LogP contribution in [0.2, 0.25) is 0 Å². The fourth-order valence-electron chi connectivity index (χ4n) is 2.04. The van der Waals surface area contributed by atoms with E-state index in [0.29, 0.717) is 24.5 Å². The number of hydrogen-bond donors (Lipinski definition) is 0. The number of likely N-dealkylation sites (N-methyl/N-ethyl adjacent to an activating group) is 1. The molecular formula is C16H19NO3S. The van der Waals surface area contributed by atoms with E-state index in [1.807, 2.05) is 42.8 Å². The van der Waals surface area contributed by atoms with Gasteiger partial charge in [0.05, 0.1) is 20.6 Å². The summed E-state index contributed by atoms with van der Waals surface area (Å²) in [5.41, 5.74) is 1.01.